The molecule has 0 amide bonds. The average molecular weight is 279 g/mol. The Labute approximate surface area is 120 Å². The number of hydrogen-bond donors (Lipinski definition) is 1. The largest absolute Gasteiger partial charge is 0.396 e. The summed E-state index contributed by atoms with van der Waals surface area (Å²) < 4.78 is 1.74. The van der Waals surface area contributed by atoms with Gasteiger partial charge in [-0.3, -0.25) is 4.79 Å². The van der Waals surface area contributed by atoms with Crippen LogP contribution in [0.5, 0.6) is 0 Å². The van der Waals surface area contributed by atoms with Crippen molar-refractivity contribution < 1.29 is 5.11 Å². The Morgan fingerprint density at radius 3 is 2.85 bits per heavy atom. The van der Waals surface area contributed by atoms with Gasteiger partial charge in [0.15, 0.2) is 5.82 Å². The molecule has 1 unspecified atom stereocenters. The third kappa shape index (κ3) is 3.20. The highest BCUT2D eigenvalue weighted by Gasteiger charge is 2.24. The van der Waals surface area contributed by atoms with E-state index in [1.54, 1.807) is 17.0 Å². The van der Waals surface area contributed by atoms with Crippen LogP contribution in [-0.4, -0.2) is 34.4 Å². The first-order valence-electron chi connectivity index (χ1n) is 7.37. The molecule has 112 valence electrons. The summed E-state index contributed by atoms with van der Waals surface area (Å²) in [5, 5.41) is 9.08. The van der Waals surface area contributed by atoms with Crippen LogP contribution in [0.2, 0.25) is 0 Å². The van der Waals surface area contributed by atoms with Crippen LogP contribution in [0.4, 0.5) is 5.82 Å². The van der Waals surface area contributed by atoms with Crippen molar-refractivity contribution in [3.8, 4) is 0 Å². The van der Waals surface area contributed by atoms with Crippen LogP contribution < -0.4 is 10.5 Å². The quantitative estimate of drug-likeness (QED) is 0.913. The molecule has 2 rings (SSSR count). The SMILES string of the molecule is CC(C)(C)n1ccnc(N2CCCC(CCO)C2)c1=O. The first-order chi connectivity index (χ1) is 9.43. The number of piperidine rings is 1. The lowest BCUT2D eigenvalue weighted by atomic mass is 9.95. The Morgan fingerprint density at radius 2 is 2.20 bits per heavy atom. The van der Waals surface area contributed by atoms with Gasteiger partial charge in [0.05, 0.1) is 0 Å². The Balaban J connectivity index is 2.27. The predicted molar refractivity (Wildman–Crippen MR) is 80.1 cm³/mol. The Hall–Kier alpha value is -1.36. The minimum absolute atomic E-state index is 0.0235. The van der Waals surface area contributed by atoms with Crippen molar-refractivity contribution in [2.24, 2.45) is 5.92 Å². The van der Waals surface area contributed by atoms with Gasteiger partial charge in [0.1, 0.15) is 0 Å². The third-order valence-electron chi connectivity index (χ3n) is 3.90. The minimum Gasteiger partial charge on any atom is -0.396 e. The fraction of sp³-hybridized carbons (Fsp3) is 0.733. The molecular formula is C15H25N3O2. The average Bonchev–Trinajstić information content (AvgIpc) is 2.38. The van der Waals surface area contributed by atoms with E-state index < -0.39 is 0 Å². The summed E-state index contributed by atoms with van der Waals surface area (Å²) in [5.74, 6) is 1.00. The minimum atomic E-state index is -0.241. The molecule has 0 aromatic carbocycles. The van der Waals surface area contributed by atoms with Crippen LogP contribution in [0.25, 0.3) is 0 Å². The maximum atomic E-state index is 12.6. The van der Waals surface area contributed by atoms with E-state index in [1.165, 1.54) is 0 Å². The summed E-state index contributed by atoms with van der Waals surface area (Å²) >= 11 is 0. The highest BCUT2D eigenvalue weighted by Crippen LogP contribution is 2.22. The van der Waals surface area contributed by atoms with Gasteiger partial charge in [0.2, 0.25) is 0 Å². The number of hydrogen-bond acceptors (Lipinski definition) is 4. The number of aromatic nitrogens is 2. The van der Waals surface area contributed by atoms with Crippen LogP contribution >= 0.6 is 0 Å². The predicted octanol–water partition coefficient (Wildman–Crippen LogP) is 1.60. The van der Waals surface area contributed by atoms with E-state index in [-0.39, 0.29) is 17.7 Å². The van der Waals surface area contributed by atoms with Crippen molar-refractivity contribution in [2.45, 2.75) is 45.6 Å². The molecule has 1 aromatic rings. The first kappa shape index (κ1) is 15.0. The van der Waals surface area contributed by atoms with Crippen LogP contribution in [0.15, 0.2) is 17.2 Å². The van der Waals surface area contributed by atoms with E-state index in [1.807, 2.05) is 20.8 Å². The van der Waals surface area contributed by atoms with E-state index in [4.69, 9.17) is 5.11 Å². The van der Waals surface area contributed by atoms with Crippen molar-refractivity contribution >= 4 is 5.82 Å². The zero-order valence-corrected chi connectivity index (χ0v) is 12.7. The van der Waals surface area contributed by atoms with Crippen LogP contribution in [0, 0.1) is 5.92 Å². The molecule has 0 saturated carbocycles. The standard InChI is InChI=1S/C15H25N3O2/c1-15(2,3)18-9-7-16-13(14(18)20)17-8-4-5-12(11-17)6-10-19/h7,9,12,19H,4-6,8,10-11H2,1-3H3. The van der Waals surface area contributed by atoms with Crippen molar-refractivity contribution in [1.29, 1.82) is 0 Å². The van der Waals surface area contributed by atoms with Gasteiger partial charge in [-0.2, -0.15) is 0 Å². The van der Waals surface area contributed by atoms with Crippen molar-refractivity contribution in [3.05, 3.63) is 22.7 Å². The molecule has 1 aliphatic rings. The van der Waals surface area contributed by atoms with Crippen LogP contribution in [-0.2, 0) is 5.54 Å². The lowest BCUT2D eigenvalue weighted by Gasteiger charge is -2.33. The molecule has 0 spiro atoms. The fourth-order valence-electron chi connectivity index (χ4n) is 2.82. The second kappa shape index (κ2) is 5.95. The van der Waals surface area contributed by atoms with Gasteiger partial charge in [-0.25, -0.2) is 4.98 Å². The number of rotatable bonds is 3. The van der Waals surface area contributed by atoms with Gasteiger partial charge in [-0.15, -0.1) is 0 Å². The zero-order valence-electron chi connectivity index (χ0n) is 12.7. The number of aliphatic hydroxyl groups excluding tert-OH is 1. The van der Waals surface area contributed by atoms with Gasteiger partial charge in [0, 0.05) is 37.6 Å². The van der Waals surface area contributed by atoms with Gasteiger partial charge in [0.25, 0.3) is 5.56 Å². The van der Waals surface area contributed by atoms with E-state index in [2.05, 4.69) is 9.88 Å². The molecule has 0 radical (unpaired) electrons. The van der Waals surface area contributed by atoms with E-state index in [0.29, 0.717) is 11.7 Å². The molecule has 2 heterocycles. The molecule has 1 aromatic heterocycles. The molecule has 20 heavy (non-hydrogen) atoms. The second-order valence-electron chi connectivity index (χ2n) is 6.56. The molecule has 1 atom stereocenters. The first-order valence-corrected chi connectivity index (χ1v) is 7.37. The van der Waals surface area contributed by atoms with E-state index >= 15 is 0 Å². The summed E-state index contributed by atoms with van der Waals surface area (Å²) in [7, 11) is 0. The highest BCUT2D eigenvalue weighted by molar-refractivity contribution is 5.36. The lowest BCUT2D eigenvalue weighted by Crippen LogP contribution is -2.43. The monoisotopic (exact) mass is 279 g/mol. The summed E-state index contributed by atoms with van der Waals surface area (Å²) in [4.78, 5) is 19.0. The summed E-state index contributed by atoms with van der Waals surface area (Å²) in [6.45, 7) is 7.96. The molecule has 1 aliphatic heterocycles. The normalized spacial score (nSPS) is 20.2. The molecule has 0 bridgehead atoms. The Morgan fingerprint density at radius 1 is 1.45 bits per heavy atom. The van der Waals surface area contributed by atoms with Crippen molar-refractivity contribution in [3.63, 3.8) is 0 Å². The molecule has 0 aliphatic carbocycles. The highest BCUT2D eigenvalue weighted by atomic mass is 16.3. The summed E-state index contributed by atoms with van der Waals surface area (Å²) in [5.41, 5.74) is -0.264. The maximum Gasteiger partial charge on any atom is 0.293 e. The van der Waals surface area contributed by atoms with Crippen LogP contribution in [0.3, 0.4) is 0 Å². The topological polar surface area (TPSA) is 58.4 Å². The van der Waals surface area contributed by atoms with Gasteiger partial charge >= 0.3 is 0 Å². The van der Waals surface area contributed by atoms with Crippen LogP contribution in [0.1, 0.15) is 40.0 Å². The maximum absolute atomic E-state index is 12.6. The number of aliphatic hydroxyl groups is 1. The lowest BCUT2D eigenvalue weighted by molar-refractivity contribution is 0.244. The Bertz CT molecular complexity index is 503. The smallest absolute Gasteiger partial charge is 0.293 e. The second-order valence-corrected chi connectivity index (χ2v) is 6.56. The molecule has 5 heteroatoms. The number of nitrogens with zero attached hydrogens (tertiary/aromatic N) is 3. The zero-order chi connectivity index (χ0) is 14.8. The molecule has 1 N–H and O–H groups in total. The molecule has 1 fully saturated rings. The molecule has 5 nitrogen and oxygen atoms in total. The Kier molecular flexibility index (Phi) is 4.48. The molecule has 1 saturated heterocycles. The fourth-order valence-corrected chi connectivity index (χ4v) is 2.82. The summed E-state index contributed by atoms with van der Waals surface area (Å²) in [6.07, 6.45) is 6.43. The van der Waals surface area contributed by atoms with Gasteiger partial charge < -0.3 is 14.6 Å². The third-order valence-corrected chi connectivity index (χ3v) is 3.90. The summed E-state index contributed by atoms with van der Waals surface area (Å²) in [6, 6.07) is 0. The van der Waals surface area contributed by atoms with E-state index in [9.17, 15) is 4.79 Å². The van der Waals surface area contributed by atoms with Gasteiger partial charge in [-0.05, 0) is 46.0 Å². The van der Waals surface area contributed by atoms with Crippen molar-refractivity contribution in [2.75, 3.05) is 24.6 Å². The van der Waals surface area contributed by atoms with Gasteiger partial charge in [-0.1, -0.05) is 0 Å². The van der Waals surface area contributed by atoms with Crippen molar-refractivity contribution in [1.82, 2.24) is 9.55 Å². The number of anilines is 1. The molecular weight excluding hydrogens is 254 g/mol. The van der Waals surface area contributed by atoms with E-state index in [0.717, 1.165) is 32.4 Å².